The maximum Gasteiger partial charge on any atom is 0.299 e. The summed E-state index contributed by atoms with van der Waals surface area (Å²) in [5, 5.41) is 3.24. The first-order valence-electron chi connectivity index (χ1n) is 6.06. The summed E-state index contributed by atoms with van der Waals surface area (Å²) >= 11 is 0. The second-order valence-corrected chi connectivity index (χ2v) is 4.65. The lowest BCUT2D eigenvalue weighted by molar-refractivity contribution is -0.114. The summed E-state index contributed by atoms with van der Waals surface area (Å²) in [6.07, 6.45) is 2.30. The Balaban J connectivity index is 1.81. The molecule has 1 aromatic carbocycles. The van der Waals surface area contributed by atoms with Gasteiger partial charge in [0.15, 0.2) is 0 Å². The molecule has 1 aromatic rings. The van der Waals surface area contributed by atoms with Crippen LogP contribution in [0, 0.1) is 5.82 Å². The van der Waals surface area contributed by atoms with E-state index in [1.54, 1.807) is 0 Å². The second kappa shape index (κ2) is 4.17. The average Bonchev–Trinajstić information content (AvgIpc) is 3.14. The van der Waals surface area contributed by atoms with Crippen LogP contribution >= 0.6 is 0 Å². The van der Waals surface area contributed by atoms with Crippen LogP contribution in [-0.2, 0) is 4.79 Å². The summed E-state index contributed by atoms with van der Waals surface area (Å²) in [6, 6.07) is 4.74. The molecule has 1 aliphatic heterocycles. The third-order valence-corrected chi connectivity index (χ3v) is 3.29. The first-order valence-corrected chi connectivity index (χ1v) is 6.06. The van der Waals surface area contributed by atoms with Crippen LogP contribution in [0.1, 0.15) is 23.2 Å². The number of para-hydroxylation sites is 1. The van der Waals surface area contributed by atoms with Crippen LogP contribution in [0.3, 0.4) is 0 Å². The quantitative estimate of drug-likeness (QED) is 0.812. The molecule has 5 heteroatoms. The van der Waals surface area contributed by atoms with Gasteiger partial charge in [0.2, 0.25) is 0 Å². The summed E-state index contributed by atoms with van der Waals surface area (Å²) in [7, 11) is 0. The van der Waals surface area contributed by atoms with Crippen LogP contribution in [0.2, 0.25) is 0 Å². The lowest BCUT2D eigenvalue weighted by Crippen LogP contribution is -2.36. The lowest BCUT2D eigenvalue weighted by atomic mass is 10.1. The van der Waals surface area contributed by atoms with Crippen LogP contribution in [0.5, 0.6) is 0 Å². The molecule has 4 nitrogen and oxygen atoms in total. The fourth-order valence-corrected chi connectivity index (χ4v) is 2.19. The molecule has 18 heavy (non-hydrogen) atoms. The number of benzene rings is 1. The number of rotatable bonds is 4. The van der Waals surface area contributed by atoms with E-state index in [1.807, 2.05) is 0 Å². The molecule has 3 rings (SSSR count). The van der Waals surface area contributed by atoms with Crippen molar-refractivity contribution in [1.82, 2.24) is 5.32 Å². The van der Waals surface area contributed by atoms with Crippen molar-refractivity contribution in [2.75, 3.05) is 18.0 Å². The number of fused-ring (bicyclic) bond motifs is 1. The zero-order valence-electron chi connectivity index (χ0n) is 9.78. The number of Topliss-reactive ketones (excluding diaryl/α,β-unsaturated/α-hetero) is 1. The lowest BCUT2D eigenvalue weighted by Gasteiger charge is -2.17. The van der Waals surface area contributed by atoms with E-state index >= 15 is 0 Å². The van der Waals surface area contributed by atoms with Gasteiger partial charge in [-0.2, -0.15) is 0 Å². The van der Waals surface area contributed by atoms with Crippen molar-refractivity contribution >= 4 is 17.4 Å². The molecule has 0 aromatic heterocycles. The molecule has 0 spiro atoms. The molecule has 1 saturated carbocycles. The average molecular weight is 248 g/mol. The number of hydrogen-bond donors (Lipinski definition) is 1. The number of anilines is 1. The van der Waals surface area contributed by atoms with E-state index in [-0.39, 0.29) is 11.3 Å². The van der Waals surface area contributed by atoms with Gasteiger partial charge >= 0.3 is 0 Å². The predicted octanol–water partition coefficient (Wildman–Crippen LogP) is 1.11. The van der Waals surface area contributed by atoms with Crippen molar-refractivity contribution in [3.63, 3.8) is 0 Å². The SMILES string of the molecule is O=C1C(=O)N(CCNC2CC2)c2c(F)cccc21. The number of hydrogen-bond acceptors (Lipinski definition) is 3. The third-order valence-electron chi connectivity index (χ3n) is 3.29. The van der Waals surface area contributed by atoms with Gasteiger partial charge in [-0.25, -0.2) is 4.39 Å². The highest BCUT2D eigenvalue weighted by Crippen LogP contribution is 2.31. The summed E-state index contributed by atoms with van der Waals surface area (Å²) in [5.74, 6) is -1.76. The van der Waals surface area contributed by atoms with Gasteiger partial charge in [0.25, 0.3) is 11.7 Å². The topological polar surface area (TPSA) is 49.4 Å². The number of halogens is 1. The third kappa shape index (κ3) is 1.80. The van der Waals surface area contributed by atoms with E-state index in [0.717, 1.165) is 12.8 Å². The molecule has 94 valence electrons. The fourth-order valence-electron chi connectivity index (χ4n) is 2.19. The number of carbonyl (C=O) groups excluding carboxylic acids is 2. The summed E-state index contributed by atoms with van der Waals surface area (Å²) in [5.41, 5.74) is 0.302. The van der Waals surface area contributed by atoms with Gasteiger partial charge in [-0.05, 0) is 25.0 Å². The van der Waals surface area contributed by atoms with E-state index in [1.165, 1.54) is 23.1 Å². The van der Waals surface area contributed by atoms with E-state index in [0.29, 0.717) is 19.1 Å². The molecule has 1 N–H and O–H groups in total. The summed E-state index contributed by atoms with van der Waals surface area (Å²) < 4.78 is 13.7. The molecule has 1 fully saturated rings. The Morgan fingerprint density at radius 2 is 2.11 bits per heavy atom. The Bertz CT molecular complexity index is 526. The number of nitrogens with one attached hydrogen (secondary N) is 1. The Morgan fingerprint density at radius 1 is 1.33 bits per heavy atom. The molecule has 2 aliphatic rings. The van der Waals surface area contributed by atoms with Crippen LogP contribution in [0.4, 0.5) is 10.1 Å². The van der Waals surface area contributed by atoms with Crippen molar-refractivity contribution in [3.05, 3.63) is 29.6 Å². The van der Waals surface area contributed by atoms with Crippen LogP contribution in [-0.4, -0.2) is 30.8 Å². The van der Waals surface area contributed by atoms with Gasteiger partial charge in [0, 0.05) is 19.1 Å². The molecule has 0 saturated heterocycles. The van der Waals surface area contributed by atoms with Crippen molar-refractivity contribution in [1.29, 1.82) is 0 Å². The highest BCUT2D eigenvalue weighted by molar-refractivity contribution is 6.52. The normalized spacial score (nSPS) is 18.4. The molecule has 0 bridgehead atoms. The van der Waals surface area contributed by atoms with Crippen molar-refractivity contribution < 1.29 is 14.0 Å². The Labute approximate surface area is 104 Å². The van der Waals surface area contributed by atoms with Crippen LogP contribution in [0.15, 0.2) is 18.2 Å². The number of nitrogens with zero attached hydrogens (tertiary/aromatic N) is 1. The number of carbonyl (C=O) groups is 2. The minimum atomic E-state index is -0.632. The monoisotopic (exact) mass is 248 g/mol. The highest BCUT2D eigenvalue weighted by Gasteiger charge is 2.37. The van der Waals surface area contributed by atoms with E-state index in [2.05, 4.69) is 5.32 Å². The first-order chi connectivity index (χ1) is 8.68. The van der Waals surface area contributed by atoms with E-state index in [9.17, 15) is 14.0 Å². The first kappa shape index (κ1) is 11.3. The highest BCUT2D eigenvalue weighted by atomic mass is 19.1. The Hall–Kier alpha value is -1.75. The second-order valence-electron chi connectivity index (χ2n) is 4.65. The van der Waals surface area contributed by atoms with Crippen molar-refractivity contribution in [3.8, 4) is 0 Å². The zero-order chi connectivity index (χ0) is 12.7. The smallest absolute Gasteiger partial charge is 0.299 e. The molecular formula is C13H13FN2O2. The minimum Gasteiger partial charge on any atom is -0.312 e. The van der Waals surface area contributed by atoms with Gasteiger partial charge in [-0.3, -0.25) is 9.59 Å². The number of amides is 1. The molecule has 1 amide bonds. The Kier molecular flexibility index (Phi) is 2.63. The number of ketones is 1. The van der Waals surface area contributed by atoms with Gasteiger partial charge in [-0.15, -0.1) is 0 Å². The summed E-state index contributed by atoms with van der Waals surface area (Å²) in [4.78, 5) is 24.7. The Morgan fingerprint density at radius 3 is 2.83 bits per heavy atom. The van der Waals surface area contributed by atoms with Crippen LogP contribution in [0.25, 0.3) is 0 Å². The maximum atomic E-state index is 13.7. The van der Waals surface area contributed by atoms with Crippen molar-refractivity contribution in [2.24, 2.45) is 0 Å². The zero-order valence-corrected chi connectivity index (χ0v) is 9.78. The summed E-state index contributed by atoms with van der Waals surface area (Å²) in [6.45, 7) is 0.909. The molecule has 0 unspecified atom stereocenters. The van der Waals surface area contributed by atoms with Crippen molar-refractivity contribution in [2.45, 2.75) is 18.9 Å². The van der Waals surface area contributed by atoms with Gasteiger partial charge in [0.1, 0.15) is 5.82 Å². The van der Waals surface area contributed by atoms with Crippen LogP contribution < -0.4 is 10.2 Å². The standard InChI is InChI=1S/C13H13FN2O2/c14-10-3-1-2-9-11(10)16(13(18)12(9)17)7-6-15-8-4-5-8/h1-3,8,15H,4-7H2. The van der Waals surface area contributed by atoms with Gasteiger partial charge in [0.05, 0.1) is 11.3 Å². The maximum absolute atomic E-state index is 13.7. The molecule has 1 aliphatic carbocycles. The molecule has 0 radical (unpaired) electrons. The largest absolute Gasteiger partial charge is 0.312 e. The fraction of sp³-hybridized carbons (Fsp3) is 0.385. The van der Waals surface area contributed by atoms with E-state index < -0.39 is 17.5 Å². The molecule has 1 heterocycles. The molecular weight excluding hydrogens is 235 g/mol. The predicted molar refractivity (Wildman–Crippen MR) is 64.1 cm³/mol. The minimum absolute atomic E-state index is 0.130. The van der Waals surface area contributed by atoms with Gasteiger partial charge in [-0.1, -0.05) is 6.07 Å². The van der Waals surface area contributed by atoms with Gasteiger partial charge < -0.3 is 10.2 Å². The van der Waals surface area contributed by atoms with E-state index in [4.69, 9.17) is 0 Å². The molecule has 0 atom stereocenters.